The van der Waals surface area contributed by atoms with Gasteiger partial charge in [-0.05, 0) is 31.4 Å². The molecule has 1 aromatic heterocycles. The van der Waals surface area contributed by atoms with E-state index in [0.29, 0.717) is 19.6 Å². The summed E-state index contributed by atoms with van der Waals surface area (Å²) in [6, 6.07) is 8.22. The quantitative estimate of drug-likeness (QED) is 0.762. The molecule has 0 aliphatic heterocycles. The van der Waals surface area contributed by atoms with E-state index in [4.69, 9.17) is 4.74 Å². The number of rotatable bonds is 7. The number of amides is 1. The number of nitrogens with one attached hydrogen (secondary N) is 2. The van der Waals surface area contributed by atoms with Crippen molar-refractivity contribution in [1.82, 2.24) is 10.3 Å². The van der Waals surface area contributed by atoms with E-state index in [1.54, 1.807) is 7.11 Å². The standard InChI is InChI=1S/C16H22N2O2/c1-12-13(14-6-3-4-7-15(14)18-12)8-9-16(19)17-10-5-11-20-2/h3-4,6-7,18H,5,8-11H2,1-2H3,(H,17,19). The van der Waals surface area contributed by atoms with Gasteiger partial charge in [-0.3, -0.25) is 4.79 Å². The molecule has 0 bridgehead atoms. The second-order valence-electron chi connectivity index (χ2n) is 4.97. The van der Waals surface area contributed by atoms with Crippen LogP contribution in [-0.4, -0.2) is 31.2 Å². The Morgan fingerprint density at radius 2 is 2.15 bits per heavy atom. The average molecular weight is 274 g/mol. The van der Waals surface area contributed by atoms with Gasteiger partial charge in [0.1, 0.15) is 0 Å². The summed E-state index contributed by atoms with van der Waals surface area (Å²) in [5.74, 6) is 0.103. The number of ether oxygens (including phenoxy) is 1. The van der Waals surface area contributed by atoms with E-state index < -0.39 is 0 Å². The summed E-state index contributed by atoms with van der Waals surface area (Å²) in [7, 11) is 1.67. The molecule has 2 aromatic rings. The fourth-order valence-corrected chi connectivity index (χ4v) is 2.43. The van der Waals surface area contributed by atoms with Crippen molar-refractivity contribution < 1.29 is 9.53 Å². The number of H-pyrrole nitrogens is 1. The van der Waals surface area contributed by atoms with Crippen molar-refractivity contribution in [3.05, 3.63) is 35.5 Å². The molecule has 2 N–H and O–H groups in total. The van der Waals surface area contributed by atoms with Crippen LogP contribution in [0.4, 0.5) is 0 Å². The van der Waals surface area contributed by atoms with Crippen LogP contribution in [0, 0.1) is 6.92 Å². The van der Waals surface area contributed by atoms with E-state index in [1.165, 1.54) is 10.9 Å². The predicted molar refractivity (Wildman–Crippen MR) is 80.9 cm³/mol. The number of carbonyl (C=O) groups excluding carboxylic acids is 1. The molecule has 4 heteroatoms. The highest BCUT2D eigenvalue weighted by atomic mass is 16.5. The van der Waals surface area contributed by atoms with Crippen LogP contribution in [0.2, 0.25) is 0 Å². The molecule has 0 aliphatic rings. The largest absolute Gasteiger partial charge is 0.385 e. The van der Waals surface area contributed by atoms with Crippen LogP contribution in [0.5, 0.6) is 0 Å². The first-order valence-electron chi connectivity index (χ1n) is 7.04. The van der Waals surface area contributed by atoms with Gasteiger partial charge in [0, 0.05) is 43.3 Å². The molecule has 4 nitrogen and oxygen atoms in total. The Labute approximate surface area is 119 Å². The zero-order chi connectivity index (χ0) is 14.4. The van der Waals surface area contributed by atoms with Crippen molar-refractivity contribution in [3.8, 4) is 0 Å². The molecule has 1 aromatic carbocycles. The van der Waals surface area contributed by atoms with Crippen LogP contribution in [-0.2, 0) is 16.0 Å². The second kappa shape index (κ2) is 7.10. The molecule has 0 atom stereocenters. The number of carbonyl (C=O) groups is 1. The summed E-state index contributed by atoms with van der Waals surface area (Å²) in [6.07, 6.45) is 2.15. The summed E-state index contributed by atoms with van der Waals surface area (Å²) < 4.78 is 4.95. The molecule has 20 heavy (non-hydrogen) atoms. The first-order valence-corrected chi connectivity index (χ1v) is 7.04. The third-order valence-corrected chi connectivity index (χ3v) is 3.48. The molecule has 0 aliphatic carbocycles. The number of hydrogen-bond acceptors (Lipinski definition) is 2. The van der Waals surface area contributed by atoms with E-state index >= 15 is 0 Å². The second-order valence-corrected chi connectivity index (χ2v) is 4.97. The lowest BCUT2D eigenvalue weighted by atomic mass is 10.1. The summed E-state index contributed by atoms with van der Waals surface area (Å²) in [6.45, 7) is 3.42. The number of aromatic nitrogens is 1. The fourth-order valence-electron chi connectivity index (χ4n) is 2.43. The number of fused-ring (bicyclic) bond motifs is 1. The lowest BCUT2D eigenvalue weighted by Gasteiger charge is -2.05. The average Bonchev–Trinajstić information content (AvgIpc) is 2.77. The molecule has 0 saturated heterocycles. The summed E-state index contributed by atoms with van der Waals surface area (Å²) in [4.78, 5) is 15.1. The zero-order valence-electron chi connectivity index (χ0n) is 12.2. The highest BCUT2D eigenvalue weighted by molar-refractivity contribution is 5.85. The minimum Gasteiger partial charge on any atom is -0.385 e. The minimum absolute atomic E-state index is 0.103. The highest BCUT2D eigenvalue weighted by Crippen LogP contribution is 2.22. The van der Waals surface area contributed by atoms with E-state index in [1.807, 2.05) is 12.1 Å². The fraction of sp³-hybridized carbons (Fsp3) is 0.438. The van der Waals surface area contributed by atoms with Crippen LogP contribution >= 0.6 is 0 Å². The van der Waals surface area contributed by atoms with Gasteiger partial charge in [-0.15, -0.1) is 0 Å². The lowest BCUT2D eigenvalue weighted by molar-refractivity contribution is -0.121. The van der Waals surface area contributed by atoms with Gasteiger partial charge in [0.05, 0.1) is 0 Å². The first-order chi connectivity index (χ1) is 9.72. The Hall–Kier alpha value is -1.81. The summed E-state index contributed by atoms with van der Waals surface area (Å²) in [5.41, 5.74) is 3.53. The molecule has 108 valence electrons. The molecule has 0 saturated carbocycles. The number of aromatic amines is 1. The number of benzene rings is 1. The van der Waals surface area contributed by atoms with Gasteiger partial charge in [-0.25, -0.2) is 0 Å². The molecule has 0 unspecified atom stereocenters. The normalized spacial score (nSPS) is 10.9. The van der Waals surface area contributed by atoms with Crippen molar-refractivity contribution >= 4 is 16.8 Å². The SMILES string of the molecule is COCCCNC(=O)CCc1c(C)[nH]c2ccccc12. The maximum Gasteiger partial charge on any atom is 0.220 e. The lowest BCUT2D eigenvalue weighted by Crippen LogP contribution is -2.25. The maximum absolute atomic E-state index is 11.8. The van der Waals surface area contributed by atoms with Gasteiger partial charge in [0.2, 0.25) is 5.91 Å². The van der Waals surface area contributed by atoms with Crippen molar-refractivity contribution in [2.45, 2.75) is 26.2 Å². The Balaban J connectivity index is 1.89. The number of hydrogen-bond donors (Lipinski definition) is 2. The van der Waals surface area contributed by atoms with Crippen molar-refractivity contribution in [2.24, 2.45) is 0 Å². The monoisotopic (exact) mass is 274 g/mol. The van der Waals surface area contributed by atoms with Crippen LogP contribution < -0.4 is 5.32 Å². The van der Waals surface area contributed by atoms with Crippen LogP contribution in [0.1, 0.15) is 24.1 Å². The number of aryl methyl sites for hydroxylation is 2. The van der Waals surface area contributed by atoms with Crippen molar-refractivity contribution in [1.29, 1.82) is 0 Å². The van der Waals surface area contributed by atoms with Crippen molar-refractivity contribution in [3.63, 3.8) is 0 Å². The van der Waals surface area contributed by atoms with Gasteiger partial charge < -0.3 is 15.0 Å². The minimum atomic E-state index is 0.103. The third-order valence-electron chi connectivity index (χ3n) is 3.48. The molecular formula is C16H22N2O2. The third kappa shape index (κ3) is 3.61. The molecular weight excluding hydrogens is 252 g/mol. The first kappa shape index (κ1) is 14.6. The maximum atomic E-state index is 11.8. The van der Waals surface area contributed by atoms with Gasteiger partial charge in [-0.2, -0.15) is 0 Å². The van der Waals surface area contributed by atoms with Gasteiger partial charge >= 0.3 is 0 Å². The summed E-state index contributed by atoms with van der Waals surface area (Å²) >= 11 is 0. The molecule has 0 spiro atoms. The molecule has 1 heterocycles. The number of para-hydroxylation sites is 1. The zero-order valence-corrected chi connectivity index (χ0v) is 12.2. The van der Waals surface area contributed by atoms with E-state index in [9.17, 15) is 4.79 Å². The Morgan fingerprint density at radius 3 is 2.95 bits per heavy atom. The predicted octanol–water partition coefficient (Wildman–Crippen LogP) is 2.56. The van der Waals surface area contributed by atoms with E-state index in [2.05, 4.69) is 29.4 Å². The van der Waals surface area contributed by atoms with E-state index in [-0.39, 0.29) is 5.91 Å². The number of methoxy groups -OCH3 is 1. The Morgan fingerprint density at radius 1 is 1.35 bits per heavy atom. The van der Waals surface area contributed by atoms with E-state index in [0.717, 1.165) is 24.1 Å². The summed E-state index contributed by atoms with van der Waals surface area (Å²) in [5, 5.41) is 4.14. The van der Waals surface area contributed by atoms with Crippen LogP contribution in [0.25, 0.3) is 10.9 Å². The smallest absolute Gasteiger partial charge is 0.220 e. The molecule has 2 rings (SSSR count). The van der Waals surface area contributed by atoms with Crippen molar-refractivity contribution in [2.75, 3.05) is 20.3 Å². The van der Waals surface area contributed by atoms with Crippen LogP contribution in [0.15, 0.2) is 24.3 Å². The Kier molecular flexibility index (Phi) is 5.18. The Bertz CT molecular complexity index is 575. The highest BCUT2D eigenvalue weighted by Gasteiger charge is 2.09. The van der Waals surface area contributed by atoms with Gasteiger partial charge in [0.15, 0.2) is 0 Å². The topological polar surface area (TPSA) is 54.1 Å². The molecule has 0 radical (unpaired) electrons. The van der Waals surface area contributed by atoms with Gasteiger partial charge in [0.25, 0.3) is 0 Å². The molecule has 1 amide bonds. The van der Waals surface area contributed by atoms with Crippen LogP contribution in [0.3, 0.4) is 0 Å². The molecule has 0 fully saturated rings. The van der Waals surface area contributed by atoms with Gasteiger partial charge in [-0.1, -0.05) is 18.2 Å².